The molecule has 0 unspecified atom stereocenters. The molecule has 1 rings (SSSR count). The number of aryl methyl sites for hydroxylation is 1. The van der Waals surface area contributed by atoms with E-state index in [2.05, 4.69) is 0 Å². The van der Waals surface area contributed by atoms with Crippen molar-refractivity contribution in [3.63, 3.8) is 0 Å². The molecule has 0 fully saturated rings. The molecule has 122 valence electrons. The zero-order chi connectivity index (χ0) is 17.3. The summed E-state index contributed by atoms with van der Waals surface area (Å²) >= 11 is 0. The highest BCUT2D eigenvalue weighted by molar-refractivity contribution is 6.03. The highest BCUT2D eigenvalue weighted by atomic mass is 16.5. The first-order valence-corrected chi connectivity index (χ1v) is 7.39. The molecule has 0 amide bonds. The van der Waals surface area contributed by atoms with Crippen LogP contribution in [0.4, 0.5) is 0 Å². The lowest BCUT2D eigenvalue weighted by Crippen LogP contribution is -2.42. The monoisotopic (exact) mass is 306 g/mol. The van der Waals surface area contributed by atoms with E-state index in [1.807, 2.05) is 41.5 Å². The van der Waals surface area contributed by atoms with Crippen molar-refractivity contribution in [2.45, 2.75) is 54.6 Å². The van der Waals surface area contributed by atoms with Crippen molar-refractivity contribution in [1.29, 1.82) is 0 Å². The zero-order valence-corrected chi connectivity index (χ0v) is 14.5. The van der Waals surface area contributed by atoms with Gasteiger partial charge in [-0.2, -0.15) is 0 Å². The van der Waals surface area contributed by atoms with E-state index in [1.54, 1.807) is 19.1 Å². The van der Waals surface area contributed by atoms with Gasteiger partial charge in [-0.3, -0.25) is 0 Å². The number of carbonyl (C=O) groups excluding carboxylic acids is 1. The van der Waals surface area contributed by atoms with E-state index in [0.717, 1.165) is 0 Å². The third-order valence-electron chi connectivity index (χ3n) is 3.50. The van der Waals surface area contributed by atoms with E-state index >= 15 is 0 Å². The van der Waals surface area contributed by atoms with Crippen LogP contribution in [0.5, 0.6) is 0 Å². The summed E-state index contributed by atoms with van der Waals surface area (Å²) in [6.45, 7) is 13.7. The Hall–Kier alpha value is -1.84. The molecule has 0 aliphatic rings. The van der Waals surface area contributed by atoms with Crippen LogP contribution in [0, 0.1) is 17.8 Å². The van der Waals surface area contributed by atoms with Crippen LogP contribution in [0.2, 0.25) is 0 Å². The quantitative estimate of drug-likeness (QED) is 0.845. The van der Waals surface area contributed by atoms with Crippen LogP contribution in [0.1, 0.15) is 67.8 Å². The van der Waals surface area contributed by atoms with Crippen LogP contribution < -0.4 is 0 Å². The number of benzene rings is 1. The number of hydrogen-bond donors (Lipinski definition) is 1. The third kappa shape index (κ3) is 4.09. The second kappa shape index (κ2) is 6.11. The fourth-order valence-electron chi connectivity index (χ4n) is 2.94. The number of ether oxygens (including phenoxy) is 1. The molecular formula is C18H26O4. The Morgan fingerprint density at radius 3 is 1.95 bits per heavy atom. The molecule has 1 aromatic rings. The van der Waals surface area contributed by atoms with Crippen LogP contribution in [-0.2, 0) is 4.74 Å². The molecule has 0 aromatic heterocycles. The number of aromatic carboxylic acids is 1. The van der Waals surface area contributed by atoms with Gasteiger partial charge in [-0.05, 0) is 29.4 Å². The Labute approximate surface area is 132 Å². The number of rotatable bonds is 3. The van der Waals surface area contributed by atoms with Gasteiger partial charge in [-0.25, -0.2) is 9.59 Å². The average Bonchev–Trinajstić information content (AvgIpc) is 2.31. The highest BCUT2D eigenvalue weighted by Crippen LogP contribution is 2.36. The first-order valence-electron chi connectivity index (χ1n) is 7.39. The molecule has 0 aliphatic carbocycles. The summed E-state index contributed by atoms with van der Waals surface area (Å²) < 4.78 is 5.71. The molecule has 4 heteroatoms. The van der Waals surface area contributed by atoms with Gasteiger partial charge in [0.15, 0.2) is 0 Å². The van der Waals surface area contributed by atoms with Crippen LogP contribution in [0.15, 0.2) is 18.2 Å². The standard InChI is InChI=1S/C18H26O4/c1-11-9-8-10-12(13(11)14(19)20)15(21)22-16(17(2,3)4)18(5,6)7/h8-10,16H,1-7H3,(H,19,20). The predicted octanol–water partition coefficient (Wildman–Crippen LogP) is 4.31. The lowest BCUT2D eigenvalue weighted by atomic mass is 9.74. The summed E-state index contributed by atoms with van der Waals surface area (Å²) in [5, 5.41) is 9.34. The Balaban J connectivity index is 3.23. The van der Waals surface area contributed by atoms with Gasteiger partial charge in [0, 0.05) is 0 Å². The lowest BCUT2D eigenvalue weighted by Gasteiger charge is -2.39. The molecule has 1 aromatic carbocycles. The van der Waals surface area contributed by atoms with Gasteiger partial charge in [0.25, 0.3) is 0 Å². The predicted molar refractivity (Wildman–Crippen MR) is 86.3 cm³/mol. The van der Waals surface area contributed by atoms with Gasteiger partial charge >= 0.3 is 11.9 Å². The van der Waals surface area contributed by atoms with Crippen molar-refractivity contribution in [2.24, 2.45) is 10.8 Å². The van der Waals surface area contributed by atoms with E-state index in [-0.39, 0.29) is 28.1 Å². The summed E-state index contributed by atoms with van der Waals surface area (Å²) in [6.07, 6.45) is -0.338. The minimum Gasteiger partial charge on any atom is -0.478 e. The first kappa shape index (κ1) is 18.2. The molecular weight excluding hydrogens is 280 g/mol. The topological polar surface area (TPSA) is 63.6 Å². The maximum atomic E-state index is 12.5. The molecule has 0 atom stereocenters. The van der Waals surface area contributed by atoms with E-state index in [9.17, 15) is 14.7 Å². The van der Waals surface area contributed by atoms with Crippen LogP contribution >= 0.6 is 0 Å². The first-order chi connectivity index (χ1) is 9.85. The maximum absolute atomic E-state index is 12.5. The highest BCUT2D eigenvalue weighted by Gasteiger charge is 2.38. The molecule has 0 saturated carbocycles. The summed E-state index contributed by atoms with van der Waals surface area (Å²) in [4.78, 5) is 24.0. The normalized spacial score (nSPS) is 12.4. The van der Waals surface area contributed by atoms with Crippen molar-refractivity contribution in [3.05, 3.63) is 34.9 Å². The lowest BCUT2D eigenvalue weighted by molar-refractivity contribution is -0.0516. The number of esters is 1. The van der Waals surface area contributed by atoms with E-state index in [4.69, 9.17) is 4.74 Å². The smallest absolute Gasteiger partial charge is 0.339 e. The summed E-state index contributed by atoms with van der Waals surface area (Å²) in [5.74, 6) is -1.70. The van der Waals surface area contributed by atoms with Crippen LogP contribution in [-0.4, -0.2) is 23.1 Å². The molecule has 0 radical (unpaired) electrons. The van der Waals surface area contributed by atoms with Crippen molar-refractivity contribution in [3.8, 4) is 0 Å². The van der Waals surface area contributed by atoms with Gasteiger partial charge in [0.2, 0.25) is 0 Å². The number of carboxylic acid groups (broad SMARTS) is 1. The van der Waals surface area contributed by atoms with Gasteiger partial charge < -0.3 is 9.84 Å². The van der Waals surface area contributed by atoms with Crippen molar-refractivity contribution in [1.82, 2.24) is 0 Å². The molecule has 1 N–H and O–H groups in total. The summed E-state index contributed by atoms with van der Waals surface area (Å²) in [6, 6.07) is 4.84. The van der Waals surface area contributed by atoms with Crippen LogP contribution in [0.25, 0.3) is 0 Å². The Kier molecular flexibility index (Phi) is 5.06. The van der Waals surface area contributed by atoms with Crippen molar-refractivity contribution < 1.29 is 19.4 Å². The van der Waals surface area contributed by atoms with Crippen molar-refractivity contribution >= 4 is 11.9 Å². The minimum absolute atomic E-state index is 0.00840. The molecule has 0 saturated heterocycles. The molecule has 0 heterocycles. The largest absolute Gasteiger partial charge is 0.478 e. The zero-order valence-electron chi connectivity index (χ0n) is 14.5. The van der Waals surface area contributed by atoms with E-state index < -0.39 is 11.9 Å². The Bertz CT molecular complexity index is 560. The molecule has 4 nitrogen and oxygen atoms in total. The van der Waals surface area contributed by atoms with Crippen LogP contribution in [0.3, 0.4) is 0 Å². The minimum atomic E-state index is -1.12. The fraction of sp³-hybridized carbons (Fsp3) is 0.556. The Morgan fingerprint density at radius 1 is 1.05 bits per heavy atom. The second-order valence-electron chi connectivity index (χ2n) is 7.82. The fourth-order valence-corrected chi connectivity index (χ4v) is 2.94. The van der Waals surface area contributed by atoms with Crippen molar-refractivity contribution in [2.75, 3.05) is 0 Å². The number of hydrogen-bond acceptors (Lipinski definition) is 3. The SMILES string of the molecule is Cc1cccc(C(=O)OC(C(C)(C)C)C(C)(C)C)c1C(=O)O. The average molecular weight is 306 g/mol. The molecule has 0 spiro atoms. The molecule has 0 aliphatic heterocycles. The number of carboxylic acids is 1. The van der Waals surface area contributed by atoms with E-state index in [0.29, 0.717) is 5.56 Å². The van der Waals surface area contributed by atoms with Gasteiger partial charge in [-0.15, -0.1) is 0 Å². The Morgan fingerprint density at radius 2 is 1.55 bits per heavy atom. The van der Waals surface area contributed by atoms with Gasteiger partial charge in [-0.1, -0.05) is 53.7 Å². The maximum Gasteiger partial charge on any atom is 0.339 e. The number of carbonyl (C=O) groups is 2. The summed E-state index contributed by atoms with van der Waals surface area (Å²) in [5.41, 5.74) is 0.160. The summed E-state index contributed by atoms with van der Waals surface area (Å²) in [7, 11) is 0. The molecule has 22 heavy (non-hydrogen) atoms. The molecule has 0 bridgehead atoms. The van der Waals surface area contributed by atoms with Gasteiger partial charge in [0.1, 0.15) is 6.10 Å². The third-order valence-corrected chi connectivity index (χ3v) is 3.50. The van der Waals surface area contributed by atoms with Gasteiger partial charge in [0.05, 0.1) is 11.1 Å². The second-order valence-corrected chi connectivity index (χ2v) is 7.82. The van der Waals surface area contributed by atoms with E-state index in [1.165, 1.54) is 6.07 Å².